The summed E-state index contributed by atoms with van der Waals surface area (Å²) in [5.74, 6) is 0.209. The molecule has 1 aromatic carbocycles. The first-order chi connectivity index (χ1) is 9.61. The average Bonchev–Trinajstić information content (AvgIpc) is 2.38. The summed E-state index contributed by atoms with van der Waals surface area (Å²) in [6.45, 7) is 0.640. The van der Waals surface area contributed by atoms with E-state index in [1.165, 1.54) is 0 Å². The van der Waals surface area contributed by atoms with Gasteiger partial charge in [0.2, 0.25) is 0 Å². The Hall–Kier alpha value is -1.69. The topological polar surface area (TPSA) is 78.4 Å². The number of aliphatic carboxylic acids is 1. The van der Waals surface area contributed by atoms with Gasteiger partial charge in [0.1, 0.15) is 0 Å². The van der Waals surface area contributed by atoms with Crippen molar-refractivity contribution in [1.82, 2.24) is 5.32 Å². The molecule has 0 aliphatic carbocycles. The maximum atomic E-state index is 11.6. The molecule has 5 nitrogen and oxygen atoms in total. The van der Waals surface area contributed by atoms with Crippen LogP contribution in [0, 0.1) is 0 Å². The highest BCUT2D eigenvalue weighted by molar-refractivity contribution is 7.98. The SMILES string of the molecule is CSCCCCNC(=O)Nc1cccc(CC(=O)O)c1. The molecule has 3 N–H and O–H groups in total. The fourth-order valence-electron chi connectivity index (χ4n) is 1.68. The minimum atomic E-state index is -0.889. The summed E-state index contributed by atoms with van der Waals surface area (Å²) in [6.07, 6.45) is 4.04. The summed E-state index contributed by atoms with van der Waals surface area (Å²) < 4.78 is 0. The van der Waals surface area contributed by atoms with E-state index in [0.29, 0.717) is 17.8 Å². The number of carbonyl (C=O) groups is 2. The second kappa shape index (κ2) is 9.25. The molecule has 0 aliphatic rings. The molecule has 0 unspecified atom stereocenters. The smallest absolute Gasteiger partial charge is 0.319 e. The standard InChI is InChI=1S/C14H20N2O3S/c1-20-8-3-2-7-15-14(19)16-12-6-4-5-11(9-12)10-13(17)18/h4-6,9H,2-3,7-8,10H2,1H3,(H,17,18)(H2,15,16,19). The van der Waals surface area contributed by atoms with Crippen LogP contribution in [0.2, 0.25) is 0 Å². The Balaban J connectivity index is 2.36. The Morgan fingerprint density at radius 3 is 2.80 bits per heavy atom. The summed E-state index contributed by atoms with van der Waals surface area (Å²) in [5.41, 5.74) is 1.26. The highest BCUT2D eigenvalue weighted by Crippen LogP contribution is 2.11. The molecule has 6 heteroatoms. The highest BCUT2D eigenvalue weighted by atomic mass is 32.2. The lowest BCUT2D eigenvalue weighted by atomic mass is 10.1. The molecule has 1 rings (SSSR count). The normalized spacial score (nSPS) is 10.1. The van der Waals surface area contributed by atoms with Gasteiger partial charge in [0.25, 0.3) is 0 Å². The molecule has 0 bridgehead atoms. The van der Waals surface area contributed by atoms with Crippen molar-refractivity contribution in [3.8, 4) is 0 Å². The first-order valence-electron chi connectivity index (χ1n) is 6.46. The van der Waals surface area contributed by atoms with E-state index >= 15 is 0 Å². The summed E-state index contributed by atoms with van der Waals surface area (Å²) in [6, 6.07) is 6.59. The van der Waals surface area contributed by atoms with Gasteiger partial charge in [-0.25, -0.2) is 4.79 Å². The number of thioether (sulfide) groups is 1. The van der Waals surface area contributed by atoms with Crippen LogP contribution >= 0.6 is 11.8 Å². The van der Waals surface area contributed by atoms with Crippen LogP contribution in [0.3, 0.4) is 0 Å². The van der Waals surface area contributed by atoms with Crippen LogP contribution in [-0.2, 0) is 11.2 Å². The van der Waals surface area contributed by atoms with Crippen LogP contribution in [0.1, 0.15) is 18.4 Å². The zero-order chi connectivity index (χ0) is 14.8. The molecule has 0 atom stereocenters. The van der Waals surface area contributed by atoms with Crippen molar-refractivity contribution in [3.05, 3.63) is 29.8 Å². The molecule has 0 spiro atoms. The largest absolute Gasteiger partial charge is 0.481 e. The minimum Gasteiger partial charge on any atom is -0.481 e. The van der Waals surface area contributed by atoms with Crippen molar-refractivity contribution in [1.29, 1.82) is 0 Å². The van der Waals surface area contributed by atoms with Gasteiger partial charge in [0.05, 0.1) is 6.42 Å². The lowest BCUT2D eigenvalue weighted by Crippen LogP contribution is -2.29. The van der Waals surface area contributed by atoms with E-state index in [-0.39, 0.29) is 12.5 Å². The maximum absolute atomic E-state index is 11.6. The fourth-order valence-corrected chi connectivity index (χ4v) is 2.18. The summed E-state index contributed by atoms with van der Waals surface area (Å²) in [4.78, 5) is 22.3. The van der Waals surface area contributed by atoms with Gasteiger partial charge in [-0.05, 0) is 42.5 Å². The number of unbranched alkanes of at least 4 members (excludes halogenated alkanes) is 1. The zero-order valence-electron chi connectivity index (χ0n) is 11.5. The molecular formula is C14H20N2O3S. The predicted molar refractivity (Wildman–Crippen MR) is 82.4 cm³/mol. The number of rotatable bonds is 8. The summed E-state index contributed by atoms with van der Waals surface area (Å²) in [5, 5.41) is 14.2. The molecule has 20 heavy (non-hydrogen) atoms. The van der Waals surface area contributed by atoms with Crippen LogP contribution in [-0.4, -0.2) is 35.7 Å². The van der Waals surface area contributed by atoms with Crippen LogP contribution in [0.4, 0.5) is 10.5 Å². The Labute approximate surface area is 123 Å². The second-order valence-corrected chi connectivity index (χ2v) is 5.34. The molecule has 0 radical (unpaired) electrons. The molecule has 0 saturated carbocycles. The third-order valence-corrected chi connectivity index (χ3v) is 3.30. The number of carboxylic acid groups (broad SMARTS) is 1. The number of nitrogens with one attached hydrogen (secondary N) is 2. The van der Waals surface area contributed by atoms with E-state index in [0.717, 1.165) is 18.6 Å². The Kier molecular flexibility index (Phi) is 7.57. The predicted octanol–water partition coefficient (Wildman–Crippen LogP) is 2.58. The Morgan fingerprint density at radius 2 is 2.10 bits per heavy atom. The Morgan fingerprint density at radius 1 is 1.30 bits per heavy atom. The molecule has 0 saturated heterocycles. The lowest BCUT2D eigenvalue weighted by molar-refractivity contribution is -0.136. The summed E-state index contributed by atoms with van der Waals surface area (Å²) in [7, 11) is 0. The van der Waals surface area contributed by atoms with Gasteiger partial charge >= 0.3 is 12.0 Å². The van der Waals surface area contributed by atoms with Crippen molar-refractivity contribution in [2.45, 2.75) is 19.3 Å². The quantitative estimate of drug-likeness (QED) is 0.644. The van der Waals surface area contributed by atoms with E-state index in [1.54, 1.807) is 36.0 Å². The molecule has 0 heterocycles. The van der Waals surface area contributed by atoms with Crippen LogP contribution in [0.25, 0.3) is 0 Å². The molecule has 0 aliphatic heterocycles. The van der Waals surface area contributed by atoms with Gasteiger partial charge < -0.3 is 15.7 Å². The van der Waals surface area contributed by atoms with E-state index in [2.05, 4.69) is 16.9 Å². The highest BCUT2D eigenvalue weighted by Gasteiger charge is 2.04. The van der Waals surface area contributed by atoms with Crippen LogP contribution in [0.15, 0.2) is 24.3 Å². The number of anilines is 1. The average molecular weight is 296 g/mol. The van der Waals surface area contributed by atoms with Gasteiger partial charge in [-0.2, -0.15) is 11.8 Å². The van der Waals surface area contributed by atoms with E-state index < -0.39 is 5.97 Å². The van der Waals surface area contributed by atoms with Gasteiger partial charge in [-0.15, -0.1) is 0 Å². The van der Waals surface area contributed by atoms with Crippen LogP contribution < -0.4 is 10.6 Å². The van der Waals surface area contributed by atoms with Gasteiger partial charge in [-0.3, -0.25) is 4.79 Å². The first kappa shape index (κ1) is 16.4. The molecule has 2 amide bonds. The van der Waals surface area contributed by atoms with Crippen molar-refractivity contribution < 1.29 is 14.7 Å². The second-order valence-electron chi connectivity index (χ2n) is 4.35. The van der Waals surface area contributed by atoms with Gasteiger partial charge in [0.15, 0.2) is 0 Å². The Bertz CT molecular complexity index is 452. The van der Waals surface area contributed by atoms with E-state index in [9.17, 15) is 9.59 Å². The lowest BCUT2D eigenvalue weighted by Gasteiger charge is -2.08. The fraction of sp³-hybridized carbons (Fsp3) is 0.429. The number of amides is 2. The number of carbonyl (C=O) groups excluding carboxylic acids is 1. The molecule has 0 fully saturated rings. The van der Waals surface area contributed by atoms with Gasteiger partial charge in [0, 0.05) is 12.2 Å². The van der Waals surface area contributed by atoms with E-state index in [4.69, 9.17) is 5.11 Å². The van der Waals surface area contributed by atoms with Crippen LogP contribution in [0.5, 0.6) is 0 Å². The summed E-state index contributed by atoms with van der Waals surface area (Å²) >= 11 is 1.79. The molecule has 110 valence electrons. The number of carboxylic acids is 1. The third kappa shape index (κ3) is 7.04. The van der Waals surface area contributed by atoms with E-state index in [1.807, 2.05) is 0 Å². The van der Waals surface area contributed by atoms with Crippen molar-refractivity contribution in [2.24, 2.45) is 0 Å². The number of hydrogen-bond acceptors (Lipinski definition) is 3. The number of benzene rings is 1. The first-order valence-corrected chi connectivity index (χ1v) is 7.85. The van der Waals surface area contributed by atoms with Crippen molar-refractivity contribution in [2.75, 3.05) is 23.9 Å². The monoisotopic (exact) mass is 296 g/mol. The number of hydrogen-bond donors (Lipinski definition) is 3. The molecule has 0 aromatic heterocycles. The third-order valence-electron chi connectivity index (χ3n) is 2.60. The molecular weight excluding hydrogens is 276 g/mol. The van der Waals surface area contributed by atoms with Crippen molar-refractivity contribution in [3.63, 3.8) is 0 Å². The molecule has 1 aromatic rings. The zero-order valence-corrected chi connectivity index (χ0v) is 12.3. The minimum absolute atomic E-state index is 0.0498. The number of urea groups is 1. The maximum Gasteiger partial charge on any atom is 0.319 e. The van der Waals surface area contributed by atoms with Gasteiger partial charge in [-0.1, -0.05) is 12.1 Å². The van der Waals surface area contributed by atoms with Crippen molar-refractivity contribution >= 4 is 29.4 Å².